The van der Waals surface area contributed by atoms with Crippen LogP contribution in [-0.2, 0) is 6.42 Å². The third kappa shape index (κ3) is 3.34. The minimum Gasteiger partial charge on any atom is -0.338 e. The van der Waals surface area contributed by atoms with Gasteiger partial charge in [0, 0.05) is 13.1 Å². The number of thiazole rings is 1. The number of nitrogens with zero attached hydrogens (tertiary/aromatic N) is 2. The second kappa shape index (κ2) is 6.01. The molecule has 2 N–H and O–H groups in total. The van der Waals surface area contributed by atoms with Crippen molar-refractivity contribution in [1.29, 1.82) is 0 Å². The van der Waals surface area contributed by atoms with Crippen LogP contribution in [0.2, 0.25) is 0 Å². The molecule has 1 amide bonds. The van der Waals surface area contributed by atoms with Crippen molar-refractivity contribution in [2.24, 2.45) is 17.6 Å². The molecule has 0 aromatic carbocycles. The van der Waals surface area contributed by atoms with Gasteiger partial charge in [0.25, 0.3) is 5.91 Å². The highest BCUT2D eigenvalue weighted by Gasteiger charge is 2.29. The van der Waals surface area contributed by atoms with Gasteiger partial charge in [-0.15, -0.1) is 11.3 Å². The standard InChI is InChI=1S/C14H23N3OS/c1-9(2)6-12-13(19-10(3)16-12)14(18)17-5-4-11(7-15)8-17/h9,11H,4-8,15H2,1-3H3. The van der Waals surface area contributed by atoms with Crippen molar-refractivity contribution in [1.82, 2.24) is 9.88 Å². The van der Waals surface area contributed by atoms with Crippen LogP contribution in [0.4, 0.5) is 0 Å². The van der Waals surface area contributed by atoms with Gasteiger partial charge in [0.2, 0.25) is 0 Å². The largest absolute Gasteiger partial charge is 0.338 e. The first-order valence-electron chi connectivity index (χ1n) is 6.97. The second-order valence-corrected chi connectivity index (χ2v) is 6.95. The fourth-order valence-electron chi connectivity index (χ4n) is 2.52. The molecule has 1 saturated heterocycles. The molecule has 1 aliphatic heterocycles. The van der Waals surface area contributed by atoms with Crippen LogP contribution < -0.4 is 5.73 Å². The molecule has 0 bridgehead atoms. The molecule has 1 aliphatic rings. The van der Waals surface area contributed by atoms with Gasteiger partial charge in [-0.05, 0) is 38.1 Å². The lowest BCUT2D eigenvalue weighted by Crippen LogP contribution is -2.30. The molecule has 0 saturated carbocycles. The monoisotopic (exact) mass is 281 g/mol. The maximum atomic E-state index is 12.6. The summed E-state index contributed by atoms with van der Waals surface area (Å²) in [4.78, 5) is 19.9. The zero-order valence-electron chi connectivity index (χ0n) is 12.0. The summed E-state index contributed by atoms with van der Waals surface area (Å²) in [5.41, 5.74) is 6.66. The maximum absolute atomic E-state index is 12.6. The van der Waals surface area contributed by atoms with Gasteiger partial charge in [0.1, 0.15) is 4.88 Å². The number of hydrogen-bond acceptors (Lipinski definition) is 4. The number of carbonyl (C=O) groups is 1. The Balaban J connectivity index is 2.15. The zero-order valence-corrected chi connectivity index (χ0v) is 12.8. The van der Waals surface area contributed by atoms with Crippen LogP contribution >= 0.6 is 11.3 Å². The molecule has 0 radical (unpaired) electrons. The summed E-state index contributed by atoms with van der Waals surface area (Å²) >= 11 is 1.53. The SMILES string of the molecule is Cc1nc(CC(C)C)c(C(=O)N2CCC(CN)C2)s1. The van der Waals surface area contributed by atoms with Crippen LogP contribution in [0.3, 0.4) is 0 Å². The number of rotatable bonds is 4. The van der Waals surface area contributed by atoms with Crippen molar-refractivity contribution in [3.8, 4) is 0 Å². The Morgan fingerprint density at radius 1 is 1.58 bits per heavy atom. The minimum absolute atomic E-state index is 0.150. The van der Waals surface area contributed by atoms with Gasteiger partial charge in [0.05, 0.1) is 10.7 Å². The topological polar surface area (TPSA) is 59.2 Å². The van der Waals surface area contributed by atoms with E-state index in [1.54, 1.807) is 0 Å². The summed E-state index contributed by atoms with van der Waals surface area (Å²) < 4.78 is 0. The van der Waals surface area contributed by atoms with Gasteiger partial charge >= 0.3 is 0 Å². The van der Waals surface area contributed by atoms with E-state index >= 15 is 0 Å². The number of aryl methyl sites for hydroxylation is 1. The van der Waals surface area contributed by atoms with E-state index in [2.05, 4.69) is 18.8 Å². The van der Waals surface area contributed by atoms with E-state index in [0.717, 1.165) is 41.5 Å². The highest BCUT2D eigenvalue weighted by atomic mass is 32.1. The molecule has 2 rings (SSSR count). The predicted molar refractivity (Wildman–Crippen MR) is 78.5 cm³/mol. The number of carbonyl (C=O) groups excluding carboxylic acids is 1. The number of nitrogens with two attached hydrogens (primary N) is 1. The van der Waals surface area contributed by atoms with Crippen LogP contribution in [0.15, 0.2) is 0 Å². The molecule has 2 heterocycles. The molecule has 1 aromatic rings. The Hall–Kier alpha value is -0.940. The van der Waals surface area contributed by atoms with E-state index in [4.69, 9.17) is 5.73 Å². The van der Waals surface area contributed by atoms with Gasteiger partial charge in [-0.3, -0.25) is 4.79 Å². The zero-order chi connectivity index (χ0) is 14.0. The predicted octanol–water partition coefficient (Wildman–Crippen LogP) is 2.07. The molecular formula is C14H23N3OS. The van der Waals surface area contributed by atoms with Gasteiger partial charge in [-0.25, -0.2) is 4.98 Å². The summed E-state index contributed by atoms with van der Waals surface area (Å²) in [5, 5.41) is 0.980. The van der Waals surface area contributed by atoms with Gasteiger partial charge in [0.15, 0.2) is 0 Å². The summed E-state index contributed by atoms with van der Waals surface area (Å²) in [6.07, 6.45) is 1.90. The fraction of sp³-hybridized carbons (Fsp3) is 0.714. The van der Waals surface area contributed by atoms with E-state index < -0.39 is 0 Å². The van der Waals surface area contributed by atoms with E-state index in [1.807, 2.05) is 11.8 Å². The maximum Gasteiger partial charge on any atom is 0.265 e. The van der Waals surface area contributed by atoms with Crippen molar-refractivity contribution in [3.05, 3.63) is 15.6 Å². The summed E-state index contributed by atoms with van der Waals surface area (Å²) in [6, 6.07) is 0. The first kappa shape index (κ1) is 14.5. The van der Waals surface area contributed by atoms with Gasteiger partial charge < -0.3 is 10.6 Å². The highest BCUT2D eigenvalue weighted by Crippen LogP contribution is 2.25. The molecule has 5 heteroatoms. The summed E-state index contributed by atoms with van der Waals surface area (Å²) in [5.74, 6) is 1.13. The van der Waals surface area contributed by atoms with Crippen molar-refractivity contribution >= 4 is 17.2 Å². The van der Waals surface area contributed by atoms with E-state index in [0.29, 0.717) is 18.4 Å². The van der Waals surface area contributed by atoms with Crippen molar-refractivity contribution in [3.63, 3.8) is 0 Å². The molecule has 106 valence electrons. The van der Waals surface area contributed by atoms with Crippen molar-refractivity contribution < 1.29 is 4.79 Å². The minimum atomic E-state index is 0.150. The van der Waals surface area contributed by atoms with Crippen LogP contribution in [-0.4, -0.2) is 35.4 Å². The number of aromatic nitrogens is 1. The number of amides is 1. The molecule has 4 nitrogen and oxygen atoms in total. The molecule has 0 aliphatic carbocycles. The molecular weight excluding hydrogens is 258 g/mol. The van der Waals surface area contributed by atoms with Crippen LogP contribution in [0.5, 0.6) is 0 Å². The normalized spacial score (nSPS) is 19.4. The Bertz CT molecular complexity index is 456. The summed E-state index contributed by atoms with van der Waals surface area (Å²) in [6.45, 7) is 8.58. The molecule has 1 atom stereocenters. The number of likely N-dealkylation sites (tertiary alicyclic amines) is 1. The average molecular weight is 281 g/mol. The van der Waals surface area contributed by atoms with Crippen molar-refractivity contribution in [2.75, 3.05) is 19.6 Å². The molecule has 1 fully saturated rings. The summed E-state index contributed by atoms with van der Waals surface area (Å²) in [7, 11) is 0. The lowest BCUT2D eigenvalue weighted by Gasteiger charge is -2.16. The fourth-order valence-corrected chi connectivity index (χ4v) is 3.43. The van der Waals surface area contributed by atoms with Crippen LogP contribution in [0.1, 0.15) is 40.6 Å². The quantitative estimate of drug-likeness (QED) is 0.919. The van der Waals surface area contributed by atoms with Crippen molar-refractivity contribution in [2.45, 2.75) is 33.6 Å². The van der Waals surface area contributed by atoms with E-state index in [-0.39, 0.29) is 5.91 Å². The van der Waals surface area contributed by atoms with Gasteiger partial charge in [-0.2, -0.15) is 0 Å². The Labute approximate surface area is 119 Å². The van der Waals surface area contributed by atoms with E-state index in [9.17, 15) is 4.79 Å². The van der Waals surface area contributed by atoms with Crippen LogP contribution in [0.25, 0.3) is 0 Å². The third-order valence-corrected chi connectivity index (χ3v) is 4.51. The smallest absolute Gasteiger partial charge is 0.265 e. The first-order valence-corrected chi connectivity index (χ1v) is 7.78. The lowest BCUT2D eigenvalue weighted by molar-refractivity contribution is 0.0791. The highest BCUT2D eigenvalue weighted by molar-refractivity contribution is 7.13. The molecule has 1 unspecified atom stereocenters. The number of hydrogen-bond donors (Lipinski definition) is 1. The Morgan fingerprint density at radius 2 is 2.32 bits per heavy atom. The molecule has 0 spiro atoms. The first-order chi connectivity index (χ1) is 9.01. The van der Waals surface area contributed by atoms with Crippen LogP contribution in [0, 0.1) is 18.8 Å². The lowest BCUT2D eigenvalue weighted by atomic mass is 10.1. The van der Waals surface area contributed by atoms with E-state index in [1.165, 1.54) is 11.3 Å². The third-order valence-electron chi connectivity index (χ3n) is 3.51. The Kier molecular flexibility index (Phi) is 4.58. The Morgan fingerprint density at radius 3 is 2.89 bits per heavy atom. The molecule has 1 aromatic heterocycles. The average Bonchev–Trinajstić information content (AvgIpc) is 2.94. The van der Waals surface area contributed by atoms with Gasteiger partial charge in [-0.1, -0.05) is 13.8 Å². The second-order valence-electron chi connectivity index (χ2n) is 5.75. The molecule has 19 heavy (non-hydrogen) atoms.